The van der Waals surface area contributed by atoms with Gasteiger partial charge in [-0.2, -0.15) is 0 Å². The van der Waals surface area contributed by atoms with E-state index in [2.05, 4.69) is 0 Å². The van der Waals surface area contributed by atoms with E-state index < -0.39 is 15.1 Å². The second kappa shape index (κ2) is 4.60. The van der Waals surface area contributed by atoms with Crippen LogP contribution in [0.25, 0.3) is 0 Å². The molecule has 0 N–H and O–H groups in total. The number of alkyl halides is 1. The van der Waals surface area contributed by atoms with Gasteiger partial charge in [0.05, 0.1) is 15.5 Å². The summed E-state index contributed by atoms with van der Waals surface area (Å²) < 4.78 is 24.4. The molecule has 4 heteroatoms. The Morgan fingerprint density at radius 3 is 2.31 bits per heavy atom. The fourth-order valence-corrected chi connectivity index (χ4v) is 3.64. The highest BCUT2D eigenvalue weighted by molar-refractivity contribution is 7.92. The normalized spacial score (nSPS) is 25.6. The van der Waals surface area contributed by atoms with Crippen LogP contribution in [0, 0.1) is 0 Å². The molecule has 2 rings (SSSR count). The molecule has 0 fully saturated rings. The molecule has 1 aliphatic carbocycles. The first-order valence-electron chi connectivity index (χ1n) is 5.22. The van der Waals surface area contributed by atoms with Gasteiger partial charge in [0.2, 0.25) is 0 Å². The first-order chi connectivity index (χ1) is 7.60. The number of rotatable bonds is 2. The number of hydrogen-bond donors (Lipinski definition) is 0. The minimum Gasteiger partial charge on any atom is -0.223 e. The van der Waals surface area contributed by atoms with Gasteiger partial charge < -0.3 is 0 Å². The number of halogens is 1. The van der Waals surface area contributed by atoms with Crippen molar-refractivity contribution in [2.24, 2.45) is 0 Å². The fourth-order valence-electron chi connectivity index (χ4n) is 1.80. The Hall–Kier alpha value is -0.800. The molecule has 2 unspecified atom stereocenters. The zero-order valence-corrected chi connectivity index (χ0v) is 10.3. The van der Waals surface area contributed by atoms with E-state index in [1.807, 2.05) is 6.07 Å². The monoisotopic (exact) mass is 256 g/mol. The minimum absolute atomic E-state index is 0.0257. The molecular formula is C12H13ClO2S. The maximum absolute atomic E-state index is 12.2. The lowest BCUT2D eigenvalue weighted by Crippen LogP contribution is -2.23. The Labute approximate surface area is 101 Å². The van der Waals surface area contributed by atoms with Crippen LogP contribution in [0.1, 0.15) is 12.8 Å². The second-order valence-corrected chi connectivity index (χ2v) is 6.60. The third-order valence-electron chi connectivity index (χ3n) is 2.73. The molecule has 0 bridgehead atoms. The maximum Gasteiger partial charge on any atom is 0.184 e. The lowest BCUT2D eigenvalue weighted by molar-refractivity contribution is 0.578. The van der Waals surface area contributed by atoms with Crippen molar-refractivity contribution in [1.82, 2.24) is 0 Å². The van der Waals surface area contributed by atoms with Crippen LogP contribution in [0.2, 0.25) is 0 Å². The van der Waals surface area contributed by atoms with E-state index in [0.717, 1.165) is 6.42 Å². The Morgan fingerprint density at radius 2 is 1.75 bits per heavy atom. The lowest BCUT2D eigenvalue weighted by atomic mass is 10.1. The highest BCUT2D eigenvalue weighted by atomic mass is 35.5. The summed E-state index contributed by atoms with van der Waals surface area (Å²) in [6.45, 7) is 0. The highest BCUT2D eigenvalue weighted by Crippen LogP contribution is 2.26. The third-order valence-corrected chi connectivity index (χ3v) is 5.21. The van der Waals surface area contributed by atoms with Crippen LogP contribution in [-0.4, -0.2) is 19.0 Å². The van der Waals surface area contributed by atoms with Gasteiger partial charge in [-0.05, 0) is 25.0 Å². The predicted molar refractivity (Wildman–Crippen MR) is 65.4 cm³/mol. The Balaban J connectivity index is 2.31. The molecule has 0 amide bonds. The average molecular weight is 257 g/mol. The summed E-state index contributed by atoms with van der Waals surface area (Å²) in [6, 6.07) is 8.56. The molecule has 2 atom stereocenters. The van der Waals surface area contributed by atoms with Gasteiger partial charge in [-0.1, -0.05) is 30.4 Å². The van der Waals surface area contributed by atoms with Crippen molar-refractivity contribution >= 4 is 21.4 Å². The van der Waals surface area contributed by atoms with Crippen molar-refractivity contribution in [3.63, 3.8) is 0 Å². The molecule has 0 radical (unpaired) electrons. The third kappa shape index (κ3) is 2.30. The van der Waals surface area contributed by atoms with Crippen LogP contribution in [-0.2, 0) is 9.84 Å². The molecule has 0 heterocycles. The van der Waals surface area contributed by atoms with Gasteiger partial charge in [-0.25, -0.2) is 8.42 Å². The smallest absolute Gasteiger partial charge is 0.184 e. The summed E-state index contributed by atoms with van der Waals surface area (Å²) in [4.78, 5) is 0.387. The Morgan fingerprint density at radius 1 is 1.06 bits per heavy atom. The summed E-state index contributed by atoms with van der Waals surface area (Å²) in [6.07, 6.45) is 4.80. The highest BCUT2D eigenvalue weighted by Gasteiger charge is 2.27. The van der Waals surface area contributed by atoms with Gasteiger partial charge in [-0.15, -0.1) is 11.6 Å². The van der Waals surface area contributed by atoms with Crippen LogP contribution in [0.15, 0.2) is 47.4 Å². The molecule has 86 valence electrons. The quantitative estimate of drug-likeness (QED) is 0.602. The molecule has 1 aromatic rings. The Bertz CT molecular complexity index is 479. The molecule has 0 spiro atoms. The molecular weight excluding hydrogens is 244 g/mol. The SMILES string of the molecule is O=S(=O)(c1ccccc1)C1C=CC(Cl)CC1. The summed E-state index contributed by atoms with van der Waals surface area (Å²) in [5, 5.41) is -0.452. The first kappa shape index (κ1) is 11.7. The number of hydrogen-bond acceptors (Lipinski definition) is 2. The molecule has 0 saturated heterocycles. The van der Waals surface area contributed by atoms with E-state index in [1.54, 1.807) is 36.4 Å². The standard InChI is InChI=1S/C12H13ClO2S/c13-10-6-8-12(9-7-10)16(14,15)11-4-2-1-3-5-11/h1-6,8,10,12H,7,9H2. The zero-order valence-electron chi connectivity index (χ0n) is 8.71. The molecule has 16 heavy (non-hydrogen) atoms. The first-order valence-corrected chi connectivity index (χ1v) is 7.20. The predicted octanol–water partition coefficient (Wildman–Crippen LogP) is 2.79. The average Bonchev–Trinajstić information content (AvgIpc) is 2.31. The molecule has 0 aliphatic heterocycles. The second-order valence-electron chi connectivity index (χ2n) is 3.87. The number of allylic oxidation sites excluding steroid dienone is 1. The van der Waals surface area contributed by atoms with Crippen LogP contribution >= 0.6 is 11.6 Å². The van der Waals surface area contributed by atoms with Crippen LogP contribution in [0.4, 0.5) is 0 Å². The fraction of sp³-hybridized carbons (Fsp3) is 0.333. The molecule has 2 nitrogen and oxygen atoms in total. The summed E-state index contributed by atoms with van der Waals surface area (Å²) in [7, 11) is -3.23. The Kier molecular flexibility index (Phi) is 3.36. The molecule has 0 saturated carbocycles. The van der Waals surface area contributed by atoms with Crippen molar-refractivity contribution < 1.29 is 8.42 Å². The van der Waals surface area contributed by atoms with Crippen molar-refractivity contribution in [1.29, 1.82) is 0 Å². The van der Waals surface area contributed by atoms with Crippen molar-refractivity contribution in [2.75, 3.05) is 0 Å². The molecule has 0 aromatic heterocycles. The summed E-state index contributed by atoms with van der Waals surface area (Å²) in [5.41, 5.74) is 0. The molecule has 1 aliphatic rings. The van der Waals surface area contributed by atoms with Crippen LogP contribution in [0.3, 0.4) is 0 Å². The van der Waals surface area contributed by atoms with E-state index in [0.29, 0.717) is 11.3 Å². The van der Waals surface area contributed by atoms with Gasteiger partial charge in [0.1, 0.15) is 0 Å². The largest absolute Gasteiger partial charge is 0.223 e. The summed E-state index contributed by atoms with van der Waals surface area (Å²) >= 11 is 5.90. The lowest BCUT2D eigenvalue weighted by Gasteiger charge is -2.19. The van der Waals surface area contributed by atoms with E-state index in [9.17, 15) is 8.42 Å². The van der Waals surface area contributed by atoms with Crippen molar-refractivity contribution in [3.8, 4) is 0 Å². The number of benzene rings is 1. The van der Waals surface area contributed by atoms with Crippen LogP contribution in [0.5, 0.6) is 0 Å². The van der Waals surface area contributed by atoms with Gasteiger partial charge in [0.25, 0.3) is 0 Å². The summed E-state index contributed by atoms with van der Waals surface area (Å²) in [5.74, 6) is 0. The maximum atomic E-state index is 12.2. The van der Waals surface area contributed by atoms with Crippen molar-refractivity contribution in [3.05, 3.63) is 42.5 Å². The van der Waals surface area contributed by atoms with Gasteiger partial charge in [0, 0.05) is 0 Å². The van der Waals surface area contributed by atoms with E-state index in [4.69, 9.17) is 11.6 Å². The topological polar surface area (TPSA) is 34.1 Å². The molecule has 1 aromatic carbocycles. The zero-order chi connectivity index (χ0) is 11.6. The van der Waals surface area contributed by atoms with E-state index in [-0.39, 0.29) is 5.38 Å². The minimum atomic E-state index is -3.23. The van der Waals surface area contributed by atoms with E-state index >= 15 is 0 Å². The van der Waals surface area contributed by atoms with Crippen LogP contribution < -0.4 is 0 Å². The van der Waals surface area contributed by atoms with Gasteiger partial charge >= 0.3 is 0 Å². The van der Waals surface area contributed by atoms with Gasteiger partial charge in [0.15, 0.2) is 9.84 Å². The van der Waals surface area contributed by atoms with E-state index in [1.165, 1.54) is 0 Å². The van der Waals surface area contributed by atoms with Gasteiger partial charge in [-0.3, -0.25) is 0 Å². The number of sulfone groups is 1. The van der Waals surface area contributed by atoms with Crippen molar-refractivity contribution in [2.45, 2.75) is 28.4 Å².